The maximum absolute atomic E-state index is 10.2. The molecule has 0 amide bonds. The van der Waals surface area contributed by atoms with Crippen molar-refractivity contribution in [1.82, 2.24) is 0 Å². The maximum atomic E-state index is 10.2. The molecule has 158 valence electrons. The molecule has 0 fully saturated rings. The molecule has 0 aliphatic rings. The molecule has 0 heterocycles. The predicted molar refractivity (Wildman–Crippen MR) is 111 cm³/mol. The van der Waals surface area contributed by atoms with Crippen LogP contribution in [0.2, 0.25) is 0 Å². The van der Waals surface area contributed by atoms with E-state index in [1.165, 1.54) is 83.5 Å². The summed E-state index contributed by atoms with van der Waals surface area (Å²) in [6.45, 7) is 2.90. The van der Waals surface area contributed by atoms with Crippen molar-refractivity contribution in [3.05, 3.63) is 0 Å². The second kappa shape index (κ2) is 26.6. The Bertz CT molecular complexity index is 247. The summed E-state index contributed by atoms with van der Waals surface area (Å²) in [5.74, 6) is -0.661. The average molecular weight is 375 g/mol. The largest absolute Gasteiger partial charge is 0.481 e. The van der Waals surface area contributed by atoms with E-state index in [2.05, 4.69) is 6.92 Å². The molecule has 0 bridgehead atoms. The van der Waals surface area contributed by atoms with E-state index in [1.807, 2.05) is 0 Å². The summed E-state index contributed by atoms with van der Waals surface area (Å²) in [6, 6.07) is 0. The Morgan fingerprint density at radius 1 is 0.538 bits per heavy atom. The molecule has 4 heteroatoms. The normalized spacial score (nSPS) is 10.4. The molecule has 0 aliphatic heterocycles. The molecule has 4 nitrogen and oxygen atoms in total. The summed E-state index contributed by atoms with van der Waals surface area (Å²) in [7, 11) is 0. The molecule has 0 aromatic heterocycles. The van der Waals surface area contributed by atoms with E-state index in [0.717, 1.165) is 25.7 Å². The Morgan fingerprint density at radius 3 is 1.15 bits per heavy atom. The molecular formula is C22H46O4. The van der Waals surface area contributed by atoms with Crippen molar-refractivity contribution in [2.24, 2.45) is 0 Å². The minimum absolute atomic E-state index is 0.342. The lowest BCUT2D eigenvalue weighted by Crippen LogP contribution is -1.93. The topological polar surface area (TPSA) is 77.8 Å². The number of carbonyl (C=O) groups is 1. The number of hydrogen-bond acceptors (Lipinski definition) is 3. The third-order valence-corrected chi connectivity index (χ3v) is 4.56. The first-order chi connectivity index (χ1) is 12.7. The van der Waals surface area contributed by atoms with Gasteiger partial charge in [-0.2, -0.15) is 0 Å². The van der Waals surface area contributed by atoms with Crippen molar-refractivity contribution in [3.63, 3.8) is 0 Å². The fourth-order valence-corrected chi connectivity index (χ4v) is 2.87. The zero-order chi connectivity index (χ0) is 19.7. The van der Waals surface area contributed by atoms with Crippen LogP contribution in [0.4, 0.5) is 0 Å². The van der Waals surface area contributed by atoms with Gasteiger partial charge in [-0.15, -0.1) is 0 Å². The zero-order valence-corrected chi connectivity index (χ0v) is 17.4. The van der Waals surface area contributed by atoms with Crippen LogP contribution in [0.1, 0.15) is 122 Å². The van der Waals surface area contributed by atoms with E-state index in [0.29, 0.717) is 19.6 Å². The van der Waals surface area contributed by atoms with Crippen LogP contribution in [0.3, 0.4) is 0 Å². The summed E-state index contributed by atoms with van der Waals surface area (Å²) >= 11 is 0. The summed E-state index contributed by atoms with van der Waals surface area (Å²) in [6.07, 6.45) is 20.8. The Labute approximate surface area is 162 Å². The predicted octanol–water partition coefficient (Wildman–Crippen LogP) is 6.08. The van der Waals surface area contributed by atoms with Gasteiger partial charge in [0.25, 0.3) is 0 Å². The molecule has 0 saturated heterocycles. The van der Waals surface area contributed by atoms with Crippen molar-refractivity contribution in [1.29, 1.82) is 0 Å². The lowest BCUT2D eigenvalue weighted by Gasteiger charge is -2.00. The lowest BCUT2D eigenvalue weighted by molar-refractivity contribution is -0.137. The molecule has 3 N–H and O–H groups in total. The van der Waals surface area contributed by atoms with Crippen LogP contribution in [0, 0.1) is 0 Å². The quantitative estimate of drug-likeness (QED) is 0.239. The standard InChI is InChI=1S/C11H22O2.C11H24O2/c1-2-3-4-5-6-7-8-9-10-11(12)13;12-10-8-6-4-2-1-3-5-7-9-11-13/h2-10H2,1H3,(H,12,13);12-13H,1-11H2. The zero-order valence-electron chi connectivity index (χ0n) is 17.4. The van der Waals surface area contributed by atoms with Crippen molar-refractivity contribution in [3.8, 4) is 0 Å². The van der Waals surface area contributed by atoms with Crippen LogP contribution in [-0.2, 0) is 4.79 Å². The summed E-state index contributed by atoms with van der Waals surface area (Å²) in [5.41, 5.74) is 0. The summed E-state index contributed by atoms with van der Waals surface area (Å²) in [5, 5.41) is 25.5. The van der Waals surface area contributed by atoms with Crippen LogP contribution in [-0.4, -0.2) is 34.5 Å². The van der Waals surface area contributed by atoms with Crippen molar-refractivity contribution < 1.29 is 20.1 Å². The first kappa shape index (κ1) is 27.6. The van der Waals surface area contributed by atoms with Crippen LogP contribution in [0.5, 0.6) is 0 Å². The number of carboxylic acid groups (broad SMARTS) is 1. The van der Waals surface area contributed by atoms with Gasteiger partial charge in [0, 0.05) is 19.6 Å². The van der Waals surface area contributed by atoms with Gasteiger partial charge in [-0.05, 0) is 19.3 Å². The van der Waals surface area contributed by atoms with Crippen molar-refractivity contribution in [2.45, 2.75) is 122 Å². The van der Waals surface area contributed by atoms with E-state index >= 15 is 0 Å². The molecule has 0 unspecified atom stereocenters. The number of aliphatic hydroxyl groups is 2. The van der Waals surface area contributed by atoms with E-state index in [4.69, 9.17) is 15.3 Å². The van der Waals surface area contributed by atoms with Gasteiger partial charge in [-0.1, -0.05) is 96.8 Å². The number of unbranched alkanes of at least 4 members (excludes halogenated alkanes) is 15. The van der Waals surface area contributed by atoms with Gasteiger partial charge in [-0.25, -0.2) is 0 Å². The lowest BCUT2D eigenvalue weighted by atomic mass is 10.1. The molecular weight excluding hydrogens is 328 g/mol. The van der Waals surface area contributed by atoms with Gasteiger partial charge in [0.1, 0.15) is 0 Å². The highest BCUT2D eigenvalue weighted by molar-refractivity contribution is 5.66. The highest BCUT2D eigenvalue weighted by Crippen LogP contribution is 2.10. The molecule has 0 atom stereocenters. The third-order valence-electron chi connectivity index (χ3n) is 4.56. The van der Waals surface area contributed by atoms with Crippen LogP contribution in [0.25, 0.3) is 0 Å². The molecule has 0 saturated carbocycles. The third kappa shape index (κ3) is 31.2. The number of carboxylic acids is 1. The van der Waals surface area contributed by atoms with E-state index in [-0.39, 0.29) is 0 Å². The fourth-order valence-electron chi connectivity index (χ4n) is 2.87. The van der Waals surface area contributed by atoms with E-state index in [9.17, 15) is 4.79 Å². The number of hydrogen-bond donors (Lipinski definition) is 3. The summed E-state index contributed by atoms with van der Waals surface area (Å²) in [4.78, 5) is 10.2. The molecule has 0 rings (SSSR count). The average Bonchev–Trinajstić information content (AvgIpc) is 2.63. The first-order valence-electron chi connectivity index (χ1n) is 11.1. The smallest absolute Gasteiger partial charge is 0.303 e. The second-order valence-electron chi connectivity index (χ2n) is 7.25. The van der Waals surface area contributed by atoms with Crippen molar-refractivity contribution >= 4 is 5.97 Å². The van der Waals surface area contributed by atoms with Gasteiger partial charge in [0.15, 0.2) is 0 Å². The molecule has 0 spiro atoms. The molecule has 0 radical (unpaired) electrons. The van der Waals surface area contributed by atoms with E-state index < -0.39 is 5.97 Å². The number of aliphatic hydroxyl groups excluding tert-OH is 2. The summed E-state index contributed by atoms with van der Waals surface area (Å²) < 4.78 is 0. The van der Waals surface area contributed by atoms with Crippen LogP contribution < -0.4 is 0 Å². The molecule has 0 aromatic carbocycles. The Hall–Kier alpha value is -0.610. The fraction of sp³-hybridized carbons (Fsp3) is 0.955. The molecule has 0 aliphatic carbocycles. The van der Waals surface area contributed by atoms with Crippen molar-refractivity contribution in [2.75, 3.05) is 13.2 Å². The number of aliphatic carboxylic acids is 1. The SMILES string of the molecule is CCCCCCCCCCC(=O)O.OCCCCCCCCCCCO. The first-order valence-corrected chi connectivity index (χ1v) is 11.1. The van der Waals surface area contributed by atoms with Gasteiger partial charge in [-0.3, -0.25) is 4.79 Å². The minimum Gasteiger partial charge on any atom is -0.481 e. The Balaban J connectivity index is 0. The Kier molecular flexibility index (Phi) is 28.3. The highest BCUT2D eigenvalue weighted by Gasteiger charge is 1.96. The maximum Gasteiger partial charge on any atom is 0.303 e. The number of rotatable bonds is 19. The van der Waals surface area contributed by atoms with Crippen LogP contribution in [0.15, 0.2) is 0 Å². The van der Waals surface area contributed by atoms with E-state index in [1.54, 1.807) is 0 Å². The monoisotopic (exact) mass is 374 g/mol. The Morgan fingerprint density at radius 2 is 0.846 bits per heavy atom. The minimum atomic E-state index is -0.661. The van der Waals surface area contributed by atoms with Gasteiger partial charge in [0.05, 0.1) is 0 Å². The molecule has 0 aromatic rings. The van der Waals surface area contributed by atoms with Crippen LogP contribution >= 0.6 is 0 Å². The second-order valence-corrected chi connectivity index (χ2v) is 7.25. The van der Waals surface area contributed by atoms with Gasteiger partial charge < -0.3 is 15.3 Å². The highest BCUT2D eigenvalue weighted by atomic mass is 16.4. The van der Waals surface area contributed by atoms with Gasteiger partial charge in [0.2, 0.25) is 0 Å². The van der Waals surface area contributed by atoms with Gasteiger partial charge >= 0.3 is 5.97 Å². The molecule has 26 heavy (non-hydrogen) atoms.